The van der Waals surface area contributed by atoms with Crippen LogP contribution >= 0.6 is 0 Å². The van der Waals surface area contributed by atoms with E-state index in [2.05, 4.69) is 32.3 Å². The molecule has 7 nitrogen and oxygen atoms in total. The lowest BCUT2D eigenvalue weighted by atomic mass is 10.4. The van der Waals surface area contributed by atoms with E-state index < -0.39 is 0 Å². The van der Waals surface area contributed by atoms with E-state index in [-0.39, 0.29) is 0 Å². The van der Waals surface area contributed by atoms with E-state index in [4.69, 9.17) is 9.26 Å². The van der Waals surface area contributed by atoms with Crippen LogP contribution in [0.2, 0.25) is 0 Å². The van der Waals surface area contributed by atoms with Crippen molar-refractivity contribution in [1.29, 1.82) is 0 Å². The zero-order valence-electron chi connectivity index (χ0n) is 11.1. The maximum absolute atomic E-state index is 5.50. The first kappa shape index (κ1) is 13.3. The molecular formula is C12H17N5O2. The van der Waals surface area contributed by atoms with Gasteiger partial charge in [0.2, 0.25) is 17.7 Å². The number of ether oxygens (including phenoxy) is 1. The lowest BCUT2D eigenvalue weighted by Crippen LogP contribution is -2.10. The van der Waals surface area contributed by atoms with Gasteiger partial charge in [-0.15, -0.1) is 0 Å². The van der Waals surface area contributed by atoms with Crippen molar-refractivity contribution in [3.63, 3.8) is 0 Å². The lowest BCUT2D eigenvalue weighted by molar-refractivity contribution is 0.305. The largest absolute Gasteiger partial charge is 0.478 e. The highest BCUT2D eigenvalue weighted by atomic mass is 16.5. The van der Waals surface area contributed by atoms with Gasteiger partial charge in [-0.05, 0) is 13.3 Å². The van der Waals surface area contributed by atoms with Crippen LogP contribution in [0.1, 0.15) is 24.9 Å². The first-order chi connectivity index (χ1) is 9.28. The molecule has 0 aliphatic heterocycles. The Morgan fingerprint density at radius 3 is 3.00 bits per heavy atom. The highest BCUT2D eigenvalue weighted by Crippen LogP contribution is 2.12. The van der Waals surface area contributed by atoms with E-state index in [0.717, 1.165) is 12.1 Å². The molecule has 0 aliphatic rings. The minimum Gasteiger partial charge on any atom is -0.478 e. The van der Waals surface area contributed by atoms with E-state index in [0.29, 0.717) is 37.3 Å². The molecule has 102 valence electrons. The van der Waals surface area contributed by atoms with Gasteiger partial charge in [-0.3, -0.25) is 0 Å². The zero-order chi connectivity index (χ0) is 13.5. The highest BCUT2D eigenvalue weighted by molar-refractivity contribution is 5.30. The number of aryl methyl sites for hydroxylation is 1. The van der Waals surface area contributed by atoms with Crippen LogP contribution in [0.3, 0.4) is 0 Å². The fraction of sp³-hybridized carbons (Fsp3) is 0.500. The van der Waals surface area contributed by atoms with Crippen molar-refractivity contribution in [2.45, 2.75) is 26.7 Å². The van der Waals surface area contributed by atoms with E-state index in [1.807, 2.05) is 13.0 Å². The quantitative estimate of drug-likeness (QED) is 0.812. The van der Waals surface area contributed by atoms with Crippen LogP contribution in [0.5, 0.6) is 5.88 Å². The molecule has 0 amide bonds. The first-order valence-corrected chi connectivity index (χ1v) is 6.26. The average molecular weight is 263 g/mol. The summed E-state index contributed by atoms with van der Waals surface area (Å²) in [5, 5.41) is 6.66. The second-order valence-electron chi connectivity index (χ2n) is 4.03. The van der Waals surface area contributed by atoms with Gasteiger partial charge < -0.3 is 14.6 Å². The predicted molar refractivity (Wildman–Crippen MR) is 69.0 cm³/mol. The van der Waals surface area contributed by atoms with Crippen LogP contribution in [0.4, 0.5) is 5.95 Å². The molecule has 0 saturated carbocycles. The maximum Gasteiger partial charge on any atom is 0.228 e. The second-order valence-corrected chi connectivity index (χ2v) is 4.03. The van der Waals surface area contributed by atoms with Crippen molar-refractivity contribution in [3.05, 3.63) is 24.0 Å². The van der Waals surface area contributed by atoms with Gasteiger partial charge in [0, 0.05) is 24.7 Å². The Morgan fingerprint density at radius 2 is 2.26 bits per heavy atom. The number of aromatic nitrogens is 4. The number of nitrogens with zero attached hydrogens (tertiary/aromatic N) is 4. The molecule has 0 radical (unpaired) electrons. The first-order valence-electron chi connectivity index (χ1n) is 6.26. The molecule has 2 heterocycles. The third-order valence-corrected chi connectivity index (χ3v) is 2.31. The van der Waals surface area contributed by atoms with Crippen LogP contribution in [-0.4, -0.2) is 33.3 Å². The van der Waals surface area contributed by atoms with Gasteiger partial charge in [0.15, 0.2) is 6.33 Å². The van der Waals surface area contributed by atoms with Gasteiger partial charge in [0.1, 0.15) is 0 Å². The predicted octanol–water partition coefficient (Wildman–Crippen LogP) is 1.61. The van der Waals surface area contributed by atoms with Gasteiger partial charge in [-0.1, -0.05) is 12.1 Å². The molecule has 0 fully saturated rings. The summed E-state index contributed by atoms with van der Waals surface area (Å²) < 4.78 is 10.4. The van der Waals surface area contributed by atoms with E-state index >= 15 is 0 Å². The summed E-state index contributed by atoms with van der Waals surface area (Å²) in [4.78, 5) is 12.5. The Balaban J connectivity index is 1.90. The van der Waals surface area contributed by atoms with E-state index in [1.54, 1.807) is 0 Å². The van der Waals surface area contributed by atoms with Gasteiger partial charge in [-0.2, -0.15) is 9.97 Å². The molecule has 2 rings (SSSR count). The number of hydrogen-bond acceptors (Lipinski definition) is 7. The summed E-state index contributed by atoms with van der Waals surface area (Å²) >= 11 is 0. The van der Waals surface area contributed by atoms with Crippen LogP contribution in [0, 0.1) is 6.92 Å². The molecule has 0 aromatic carbocycles. The Labute approximate surface area is 111 Å². The number of nitrogens with one attached hydrogen (secondary N) is 1. The molecular weight excluding hydrogens is 246 g/mol. The molecule has 0 unspecified atom stereocenters. The fourth-order valence-corrected chi connectivity index (χ4v) is 1.49. The van der Waals surface area contributed by atoms with Crippen LogP contribution in [-0.2, 0) is 6.42 Å². The summed E-state index contributed by atoms with van der Waals surface area (Å²) in [5.41, 5.74) is 0.862. The van der Waals surface area contributed by atoms with Gasteiger partial charge >= 0.3 is 0 Å². The van der Waals surface area contributed by atoms with Crippen molar-refractivity contribution in [2.75, 3.05) is 18.5 Å². The Bertz CT molecular complexity index is 501. The SMILES string of the molecule is CCCOc1cc(C)nc(NCCc2ncno2)n1. The minimum atomic E-state index is 0.547. The summed E-state index contributed by atoms with van der Waals surface area (Å²) in [6.45, 7) is 5.23. The standard InChI is InChI=1S/C12H17N5O2/c1-3-6-18-11-7-9(2)16-12(17-11)13-5-4-10-14-8-15-19-10/h7-8H,3-6H2,1-2H3,(H,13,16,17). The molecule has 0 bridgehead atoms. The molecule has 0 saturated heterocycles. The summed E-state index contributed by atoms with van der Waals surface area (Å²) in [5.74, 6) is 1.72. The Hall–Kier alpha value is -2.18. The van der Waals surface area contributed by atoms with Crippen molar-refractivity contribution in [2.24, 2.45) is 0 Å². The molecule has 2 aromatic heterocycles. The topological polar surface area (TPSA) is 86.0 Å². The summed E-state index contributed by atoms with van der Waals surface area (Å²) in [6.07, 6.45) is 2.96. The Morgan fingerprint density at radius 1 is 1.37 bits per heavy atom. The minimum absolute atomic E-state index is 0.547. The maximum atomic E-state index is 5.50. The van der Waals surface area contributed by atoms with Gasteiger partial charge in [0.25, 0.3) is 0 Å². The molecule has 7 heteroatoms. The third-order valence-electron chi connectivity index (χ3n) is 2.31. The van der Waals surface area contributed by atoms with Crippen LogP contribution in [0.15, 0.2) is 16.9 Å². The average Bonchev–Trinajstić information content (AvgIpc) is 2.89. The van der Waals surface area contributed by atoms with Crippen molar-refractivity contribution in [3.8, 4) is 5.88 Å². The number of hydrogen-bond donors (Lipinski definition) is 1. The second kappa shape index (κ2) is 6.67. The molecule has 0 atom stereocenters. The lowest BCUT2D eigenvalue weighted by Gasteiger charge is -2.08. The highest BCUT2D eigenvalue weighted by Gasteiger charge is 2.04. The molecule has 1 N–H and O–H groups in total. The number of rotatable bonds is 7. The Kier molecular flexibility index (Phi) is 4.66. The van der Waals surface area contributed by atoms with Crippen molar-refractivity contribution in [1.82, 2.24) is 20.1 Å². The zero-order valence-corrected chi connectivity index (χ0v) is 11.1. The van der Waals surface area contributed by atoms with Crippen molar-refractivity contribution < 1.29 is 9.26 Å². The molecule has 2 aromatic rings. The molecule has 19 heavy (non-hydrogen) atoms. The smallest absolute Gasteiger partial charge is 0.228 e. The third kappa shape index (κ3) is 4.20. The van der Waals surface area contributed by atoms with Crippen LogP contribution < -0.4 is 10.1 Å². The molecule has 0 aliphatic carbocycles. The van der Waals surface area contributed by atoms with Crippen molar-refractivity contribution >= 4 is 5.95 Å². The monoisotopic (exact) mass is 263 g/mol. The van der Waals surface area contributed by atoms with Gasteiger partial charge in [-0.25, -0.2) is 4.98 Å². The summed E-state index contributed by atoms with van der Waals surface area (Å²) in [7, 11) is 0. The fourth-order valence-electron chi connectivity index (χ4n) is 1.49. The van der Waals surface area contributed by atoms with Crippen LogP contribution in [0.25, 0.3) is 0 Å². The van der Waals surface area contributed by atoms with E-state index in [1.165, 1.54) is 6.33 Å². The summed E-state index contributed by atoms with van der Waals surface area (Å²) in [6, 6.07) is 1.82. The van der Waals surface area contributed by atoms with E-state index in [9.17, 15) is 0 Å². The molecule has 0 spiro atoms. The van der Waals surface area contributed by atoms with Gasteiger partial charge in [0.05, 0.1) is 6.61 Å². The normalized spacial score (nSPS) is 10.4. The number of anilines is 1.